The Hall–Kier alpha value is -4.42. The van der Waals surface area contributed by atoms with Gasteiger partial charge in [0.15, 0.2) is 0 Å². The molecule has 0 saturated heterocycles. The van der Waals surface area contributed by atoms with Gasteiger partial charge in [-0.05, 0) is 64.1 Å². The van der Waals surface area contributed by atoms with E-state index in [4.69, 9.17) is 18.9 Å². The Kier molecular flexibility index (Phi) is 14.6. The van der Waals surface area contributed by atoms with E-state index < -0.39 is 33.3 Å². The van der Waals surface area contributed by atoms with Crippen molar-refractivity contribution in [2.45, 2.75) is 57.9 Å². The summed E-state index contributed by atoms with van der Waals surface area (Å²) >= 11 is 2.80. The third kappa shape index (κ3) is 11.3. The number of alkyl halides is 3. The number of hydrogen-bond acceptors (Lipinski definition) is 14. The molecule has 0 amide bonds. The number of aromatic nitrogens is 2. The Bertz CT molecular complexity index is 1890. The average molecular weight is 775 g/mol. The van der Waals surface area contributed by atoms with Crippen molar-refractivity contribution in [3.63, 3.8) is 0 Å². The van der Waals surface area contributed by atoms with Crippen LogP contribution in [0.4, 0.5) is 13.2 Å². The third-order valence-corrected chi connectivity index (χ3v) is 9.91. The lowest BCUT2D eigenvalue weighted by atomic mass is 9.95. The first kappa shape index (κ1) is 41.0. The molecule has 0 fully saturated rings. The van der Waals surface area contributed by atoms with Crippen LogP contribution in [-0.4, -0.2) is 68.4 Å². The maximum atomic E-state index is 12.6. The van der Waals surface area contributed by atoms with Gasteiger partial charge in [0.05, 0.1) is 52.1 Å². The molecule has 0 aliphatic rings. The lowest BCUT2D eigenvalue weighted by Crippen LogP contribution is -2.28. The second kappa shape index (κ2) is 18.2. The third-order valence-electron chi connectivity index (χ3n) is 6.88. The zero-order valence-corrected chi connectivity index (χ0v) is 30.9. The number of rotatable bonds is 14. The van der Waals surface area contributed by atoms with Crippen LogP contribution in [0, 0.1) is 13.8 Å². The molecule has 278 valence electrons. The average Bonchev–Trinajstić information content (AvgIpc) is 3.70. The molecule has 0 aliphatic heterocycles. The van der Waals surface area contributed by atoms with Gasteiger partial charge in [0.25, 0.3) is 0 Å². The first-order valence-corrected chi connectivity index (χ1v) is 18.3. The van der Waals surface area contributed by atoms with Gasteiger partial charge in [0, 0.05) is 33.3 Å². The second-order valence-corrected chi connectivity index (χ2v) is 14.6. The number of carbonyl (C=O) groups is 2. The van der Waals surface area contributed by atoms with E-state index in [-0.39, 0.29) is 48.4 Å². The van der Waals surface area contributed by atoms with Crippen molar-refractivity contribution in [3.8, 4) is 23.0 Å². The van der Waals surface area contributed by atoms with Crippen molar-refractivity contribution in [3.05, 3.63) is 79.7 Å². The molecule has 2 unspecified atom stereocenters. The molecule has 0 bridgehead atoms. The Balaban J connectivity index is 0.000000286. The summed E-state index contributed by atoms with van der Waals surface area (Å²) in [6.45, 7) is 7.65. The molecule has 0 aliphatic carbocycles. The number of ether oxygens (including phenoxy) is 4. The molecule has 12 nitrogen and oxygen atoms in total. The molecule has 2 aromatic heterocycles. The van der Waals surface area contributed by atoms with E-state index in [0.29, 0.717) is 17.4 Å². The molecule has 2 aromatic carbocycles. The molecule has 0 radical (unpaired) electrons. The zero-order chi connectivity index (χ0) is 37.9. The highest BCUT2D eigenvalue weighted by Crippen LogP contribution is 2.40. The van der Waals surface area contributed by atoms with Crippen LogP contribution in [0.2, 0.25) is 0 Å². The van der Waals surface area contributed by atoms with Crippen molar-refractivity contribution in [2.75, 3.05) is 27.4 Å². The fourth-order valence-corrected chi connectivity index (χ4v) is 6.94. The van der Waals surface area contributed by atoms with Gasteiger partial charge < -0.3 is 28.2 Å². The minimum absolute atomic E-state index is 0.123. The summed E-state index contributed by atoms with van der Waals surface area (Å²) in [6.07, 6.45) is 3.33. The van der Waals surface area contributed by atoms with Crippen molar-refractivity contribution in [2.24, 2.45) is 0 Å². The molecular formula is C33H37F3N2O10S3. The van der Waals surface area contributed by atoms with Crippen LogP contribution in [0.3, 0.4) is 0 Å². The minimum atomic E-state index is -5.85. The maximum Gasteiger partial charge on any atom is 0.534 e. The number of carbonyl (C=O) groups excluding carboxylic acids is 2. The van der Waals surface area contributed by atoms with Crippen LogP contribution in [0.5, 0.6) is 23.0 Å². The van der Waals surface area contributed by atoms with Crippen LogP contribution in [0.1, 0.15) is 69.4 Å². The lowest BCUT2D eigenvalue weighted by Gasteiger charge is -2.19. The highest BCUT2D eigenvalue weighted by atomic mass is 32.2. The summed E-state index contributed by atoms with van der Waals surface area (Å²) in [5.74, 6) is -1.51. The number of aromatic hydroxyl groups is 1. The van der Waals surface area contributed by atoms with Gasteiger partial charge in [-0.15, -0.1) is 22.7 Å². The lowest BCUT2D eigenvalue weighted by molar-refractivity contribution is -0.144. The molecule has 2 atom stereocenters. The summed E-state index contributed by atoms with van der Waals surface area (Å²) in [5.41, 5.74) is -4.61. The van der Waals surface area contributed by atoms with Crippen LogP contribution < -0.4 is 13.7 Å². The highest BCUT2D eigenvalue weighted by Gasteiger charge is 2.48. The van der Waals surface area contributed by atoms with Gasteiger partial charge in [0.2, 0.25) is 0 Å². The maximum absolute atomic E-state index is 12.6. The SMILES string of the molecule is CCOC(=O)CC(c1ncc(C)s1)c1cc(O)ccc1OC.CCOC(=O)CC(c1ncc(C)s1)c1cc(OS(=O)(=O)C(F)(F)F)ccc1OC. The van der Waals surface area contributed by atoms with Gasteiger partial charge in [-0.1, -0.05) is 0 Å². The zero-order valence-electron chi connectivity index (χ0n) is 28.5. The highest BCUT2D eigenvalue weighted by molar-refractivity contribution is 7.88. The van der Waals surface area contributed by atoms with Crippen molar-refractivity contribution >= 4 is 44.7 Å². The van der Waals surface area contributed by atoms with Gasteiger partial charge in [-0.25, -0.2) is 9.97 Å². The second-order valence-electron chi connectivity index (χ2n) is 10.6. The number of halogens is 3. The molecule has 1 N–H and O–H groups in total. The molecule has 2 heterocycles. The number of esters is 2. The summed E-state index contributed by atoms with van der Waals surface area (Å²) in [5, 5.41) is 11.1. The predicted molar refractivity (Wildman–Crippen MR) is 183 cm³/mol. The molecule has 4 aromatic rings. The fraction of sp³-hybridized carbons (Fsp3) is 0.394. The van der Waals surface area contributed by atoms with E-state index in [1.165, 1.54) is 35.8 Å². The number of nitrogens with zero attached hydrogens (tertiary/aromatic N) is 2. The quantitative estimate of drug-likeness (QED) is 0.0793. The summed E-state index contributed by atoms with van der Waals surface area (Å²) in [6, 6.07) is 8.22. The molecular weight excluding hydrogens is 738 g/mol. The van der Waals surface area contributed by atoms with Gasteiger partial charge in [-0.3, -0.25) is 9.59 Å². The largest absolute Gasteiger partial charge is 0.534 e. The van der Waals surface area contributed by atoms with E-state index in [0.717, 1.165) is 32.5 Å². The number of phenolic OH excluding ortho intramolecular Hbond substituents is 1. The normalized spacial score (nSPS) is 12.6. The van der Waals surface area contributed by atoms with Crippen molar-refractivity contribution in [1.82, 2.24) is 9.97 Å². The number of aryl methyl sites for hydroxylation is 2. The Morgan fingerprint density at radius 3 is 1.65 bits per heavy atom. The van der Waals surface area contributed by atoms with Gasteiger partial charge in [-0.2, -0.15) is 21.6 Å². The van der Waals surface area contributed by atoms with Gasteiger partial charge in [0.1, 0.15) is 33.0 Å². The van der Waals surface area contributed by atoms with Crippen LogP contribution >= 0.6 is 22.7 Å². The molecule has 18 heteroatoms. The standard InChI is InChI=1S/C17H18F3NO6S2.C16H19NO4S/c1-4-26-15(22)8-13(16-21-9-10(2)28-16)12-7-11(5-6-14(12)25-3)27-29(23,24)17(18,19)20;1-4-21-15(19)8-13(16-17-9-10(2)22-16)12-7-11(18)5-6-14(12)20-3/h5-7,9,13H,4,8H2,1-3H3;5-7,9,13,18H,4,8H2,1-3H3. The van der Waals surface area contributed by atoms with Crippen molar-refractivity contribution in [1.29, 1.82) is 0 Å². The van der Waals surface area contributed by atoms with Crippen LogP contribution in [0.25, 0.3) is 0 Å². The Labute approximate surface area is 301 Å². The van der Waals surface area contributed by atoms with E-state index >= 15 is 0 Å². The van der Waals surface area contributed by atoms with E-state index in [2.05, 4.69) is 14.2 Å². The molecule has 0 spiro atoms. The number of phenols is 1. The monoisotopic (exact) mass is 774 g/mol. The number of benzene rings is 2. The topological polar surface area (TPSA) is 160 Å². The van der Waals surface area contributed by atoms with Crippen molar-refractivity contribution < 1.29 is 59.4 Å². The number of hydrogen-bond donors (Lipinski definition) is 1. The minimum Gasteiger partial charge on any atom is -0.508 e. The number of methoxy groups -OCH3 is 2. The predicted octanol–water partition coefficient (Wildman–Crippen LogP) is 7.02. The van der Waals surface area contributed by atoms with Gasteiger partial charge >= 0.3 is 27.6 Å². The van der Waals surface area contributed by atoms with E-state index in [1.54, 1.807) is 58.5 Å². The van der Waals surface area contributed by atoms with E-state index in [1.807, 2.05) is 6.92 Å². The summed E-state index contributed by atoms with van der Waals surface area (Å²) in [4.78, 5) is 34.6. The Morgan fingerprint density at radius 1 is 0.804 bits per heavy atom. The molecule has 51 heavy (non-hydrogen) atoms. The first-order valence-electron chi connectivity index (χ1n) is 15.2. The van der Waals surface area contributed by atoms with E-state index in [9.17, 15) is 36.3 Å². The summed E-state index contributed by atoms with van der Waals surface area (Å²) in [7, 11) is -2.96. The molecule has 0 saturated carbocycles. The van der Waals surface area contributed by atoms with Crippen LogP contribution in [-0.2, 0) is 29.2 Å². The first-order chi connectivity index (χ1) is 24.0. The Morgan fingerprint density at radius 2 is 1.25 bits per heavy atom. The smallest absolute Gasteiger partial charge is 0.508 e. The molecule has 4 rings (SSSR count). The number of thiazole rings is 2. The summed E-state index contributed by atoms with van der Waals surface area (Å²) < 4.78 is 85.4. The fourth-order valence-electron chi connectivity index (χ4n) is 4.70. The van der Waals surface area contributed by atoms with Crippen LogP contribution in [0.15, 0.2) is 48.8 Å².